The molecule has 0 radical (unpaired) electrons. The first-order chi connectivity index (χ1) is 14.3. The Bertz CT molecular complexity index is 989. The zero-order valence-electron chi connectivity index (χ0n) is 15.9. The Labute approximate surface area is 171 Å². The maximum absolute atomic E-state index is 13.4. The van der Waals surface area contributed by atoms with Gasteiger partial charge in [0.1, 0.15) is 6.61 Å². The van der Waals surface area contributed by atoms with Crippen molar-refractivity contribution in [2.24, 2.45) is 0 Å². The molecular formula is C22H19F3N2O3. The first-order valence-electron chi connectivity index (χ1n) is 9.50. The Morgan fingerprint density at radius 1 is 1.10 bits per heavy atom. The lowest BCUT2D eigenvalue weighted by Gasteiger charge is -2.29. The number of hydrogen-bond acceptors (Lipinski definition) is 3. The van der Waals surface area contributed by atoms with Gasteiger partial charge in [-0.2, -0.15) is 13.2 Å². The van der Waals surface area contributed by atoms with Gasteiger partial charge in [0.2, 0.25) is 0 Å². The van der Waals surface area contributed by atoms with Crippen LogP contribution in [0.25, 0.3) is 5.57 Å². The number of ether oxygens (including phenoxy) is 1. The normalized spacial score (nSPS) is 21.0. The Morgan fingerprint density at radius 2 is 1.80 bits per heavy atom. The molecule has 5 nitrogen and oxygen atoms in total. The molecular weight excluding hydrogens is 397 g/mol. The number of fused-ring (bicyclic) bond motifs is 1. The van der Waals surface area contributed by atoms with Gasteiger partial charge in [0.05, 0.1) is 17.6 Å². The number of imide groups is 1. The van der Waals surface area contributed by atoms with E-state index in [0.29, 0.717) is 5.57 Å². The Kier molecular flexibility index (Phi) is 5.24. The van der Waals surface area contributed by atoms with Crippen molar-refractivity contribution in [1.29, 1.82) is 0 Å². The van der Waals surface area contributed by atoms with Crippen molar-refractivity contribution in [3.05, 3.63) is 77.4 Å². The third kappa shape index (κ3) is 3.90. The van der Waals surface area contributed by atoms with Crippen LogP contribution >= 0.6 is 0 Å². The molecule has 4 rings (SSSR count). The minimum Gasteiger partial charge on any atom is -0.444 e. The zero-order chi connectivity index (χ0) is 21.3. The molecule has 0 spiro atoms. The molecule has 1 aliphatic heterocycles. The van der Waals surface area contributed by atoms with E-state index in [1.165, 1.54) is 12.1 Å². The van der Waals surface area contributed by atoms with Gasteiger partial charge < -0.3 is 10.1 Å². The summed E-state index contributed by atoms with van der Waals surface area (Å²) in [6.07, 6.45) is -3.11. The highest BCUT2D eigenvalue weighted by molar-refractivity contribution is 5.94. The molecule has 3 amide bonds. The molecule has 0 aromatic heterocycles. The summed E-state index contributed by atoms with van der Waals surface area (Å²) in [6.45, 7) is 0.0287. The third-order valence-electron chi connectivity index (χ3n) is 5.35. The predicted molar refractivity (Wildman–Crippen MR) is 103 cm³/mol. The van der Waals surface area contributed by atoms with E-state index in [9.17, 15) is 22.8 Å². The van der Waals surface area contributed by atoms with Gasteiger partial charge in [-0.15, -0.1) is 0 Å². The van der Waals surface area contributed by atoms with Crippen LogP contribution < -0.4 is 5.32 Å². The smallest absolute Gasteiger partial charge is 0.418 e. The number of carbonyl (C=O) groups excluding carboxylic acids is 2. The molecule has 0 bridgehead atoms. The number of rotatable bonds is 3. The van der Waals surface area contributed by atoms with Crippen LogP contribution in [-0.2, 0) is 17.5 Å². The van der Waals surface area contributed by atoms with Crippen LogP contribution in [0.5, 0.6) is 0 Å². The molecule has 1 N–H and O–H groups in total. The van der Waals surface area contributed by atoms with Crippen LogP contribution in [-0.4, -0.2) is 29.1 Å². The molecule has 2 atom stereocenters. The maximum Gasteiger partial charge on any atom is 0.418 e. The summed E-state index contributed by atoms with van der Waals surface area (Å²) in [4.78, 5) is 25.9. The van der Waals surface area contributed by atoms with Gasteiger partial charge in [-0.1, -0.05) is 54.6 Å². The lowest BCUT2D eigenvalue weighted by Crippen LogP contribution is -2.42. The average Bonchev–Trinajstić information content (AvgIpc) is 3.07. The molecule has 30 heavy (non-hydrogen) atoms. The van der Waals surface area contributed by atoms with E-state index in [1.807, 2.05) is 18.2 Å². The summed E-state index contributed by atoms with van der Waals surface area (Å²) in [5.41, 5.74) is 0.682. The highest BCUT2D eigenvalue weighted by Crippen LogP contribution is 2.39. The fourth-order valence-corrected chi connectivity index (χ4v) is 3.93. The van der Waals surface area contributed by atoms with Crippen LogP contribution in [0, 0.1) is 0 Å². The van der Waals surface area contributed by atoms with Gasteiger partial charge in [-0.05, 0) is 35.6 Å². The number of alkyl halides is 3. The molecule has 156 valence electrons. The van der Waals surface area contributed by atoms with E-state index in [2.05, 4.69) is 5.32 Å². The predicted octanol–water partition coefficient (Wildman–Crippen LogP) is 4.98. The molecule has 1 saturated heterocycles. The molecule has 1 aliphatic carbocycles. The average molecular weight is 416 g/mol. The molecule has 2 aliphatic rings. The van der Waals surface area contributed by atoms with E-state index in [0.717, 1.165) is 16.5 Å². The summed E-state index contributed by atoms with van der Waals surface area (Å²) in [6, 6.07) is 12.9. The van der Waals surface area contributed by atoms with Gasteiger partial charge in [0, 0.05) is 0 Å². The zero-order valence-corrected chi connectivity index (χ0v) is 15.9. The standard InChI is InChI=1S/C22H19F3N2O3/c23-22(24,25)17-9-5-4-8-16(17)15-10-11-19-18(12-15)26-20(28)27(19)21(29)30-13-14-6-2-1-3-7-14/h1-10,18-19H,11-13H2,(H,26,28)/t18?,19-/m0/s1. The molecule has 1 fully saturated rings. The van der Waals surface area contributed by atoms with Gasteiger partial charge in [0.25, 0.3) is 0 Å². The van der Waals surface area contributed by atoms with Gasteiger partial charge in [-0.3, -0.25) is 0 Å². The van der Waals surface area contributed by atoms with Gasteiger partial charge in [-0.25, -0.2) is 14.5 Å². The summed E-state index contributed by atoms with van der Waals surface area (Å²) >= 11 is 0. The number of halogens is 3. The van der Waals surface area contributed by atoms with Crippen molar-refractivity contribution in [1.82, 2.24) is 10.2 Å². The second-order valence-electron chi connectivity index (χ2n) is 7.25. The number of nitrogens with one attached hydrogen (secondary N) is 1. The number of benzene rings is 2. The molecule has 8 heteroatoms. The second-order valence-corrected chi connectivity index (χ2v) is 7.25. The van der Waals surface area contributed by atoms with E-state index in [4.69, 9.17) is 4.74 Å². The van der Waals surface area contributed by atoms with E-state index < -0.39 is 35.9 Å². The van der Waals surface area contributed by atoms with Crippen molar-refractivity contribution < 1.29 is 27.5 Å². The highest BCUT2D eigenvalue weighted by Gasteiger charge is 2.46. The van der Waals surface area contributed by atoms with Crippen molar-refractivity contribution in [2.75, 3.05) is 0 Å². The number of urea groups is 1. The van der Waals surface area contributed by atoms with Crippen molar-refractivity contribution in [3.8, 4) is 0 Å². The van der Waals surface area contributed by atoms with Gasteiger partial charge >= 0.3 is 18.3 Å². The third-order valence-corrected chi connectivity index (χ3v) is 5.35. The van der Waals surface area contributed by atoms with Crippen molar-refractivity contribution in [2.45, 2.75) is 37.7 Å². The van der Waals surface area contributed by atoms with Crippen LogP contribution in [0.3, 0.4) is 0 Å². The van der Waals surface area contributed by atoms with Crippen molar-refractivity contribution in [3.63, 3.8) is 0 Å². The fraction of sp³-hybridized carbons (Fsp3) is 0.273. The van der Waals surface area contributed by atoms with Crippen LogP contribution in [0.1, 0.15) is 29.5 Å². The maximum atomic E-state index is 13.4. The summed E-state index contributed by atoms with van der Waals surface area (Å²) < 4.78 is 45.3. The Morgan fingerprint density at radius 3 is 2.53 bits per heavy atom. The van der Waals surface area contributed by atoms with E-state index >= 15 is 0 Å². The van der Waals surface area contributed by atoms with Crippen molar-refractivity contribution >= 4 is 17.7 Å². The largest absolute Gasteiger partial charge is 0.444 e. The molecule has 2 aromatic rings. The van der Waals surface area contributed by atoms with Crippen LogP contribution in [0.15, 0.2) is 60.7 Å². The Hall–Kier alpha value is -3.29. The molecule has 1 heterocycles. The minimum absolute atomic E-state index is 0.0287. The van der Waals surface area contributed by atoms with Crippen LogP contribution in [0.2, 0.25) is 0 Å². The SMILES string of the molecule is O=C1NC2CC(c3ccccc3C(F)(F)F)=CC[C@@H]2N1C(=O)OCc1ccccc1. The van der Waals surface area contributed by atoms with E-state index in [1.54, 1.807) is 24.3 Å². The monoisotopic (exact) mass is 416 g/mol. The molecule has 2 aromatic carbocycles. The quantitative estimate of drug-likeness (QED) is 0.768. The summed E-state index contributed by atoms with van der Waals surface area (Å²) in [5.74, 6) is 0. The topological polar surface area (TPSA) is 58.6 Å². The molecule has 0 saturated carbocycles. The van der Waals surface area contributed by atoms with Crippen LogP contribution in [0.4, 0.5) is 22.8 Å². The fourth-order valence-electron chi connectivity index (χ4n) is 3.93. The minimum atomic E-state index is -4.47. The first-order valence-corrected chi connectivity index (χ1v) is 9.50. The first kappa shape index (κ1) is 20.0. The Balaban J connectivity index is 1.50. The number of carbonyl (C=O) groups is 2. The van der Waals surface area contributed by atoms with Gasteiger partial charge in [0.15, 0.2) is 0 Å². The highest BCUT2D eigenvalue weighted by atomic mass is 19.4. The lowest BCUT2D eigenvalue weighted by atomic mass is 9.85. The van der Waals surface area contributed by atoms with E-state index in [-0.39, 0.29) is 25.0 Å². The summed E-state index contributed by atoms with van der Waals surface area (Å²) in [5, 5.41) is 2.71. The number of nitrogens with zero attached hydrogens (tertiary/aromatic N) is 1. The lowest BCUT2D eigenvalue weighted by molar-refractivity contribution is -0.137. The molecule has 1 unspecified atom stereocenters. The number of hydrogen-bond donors (Lipinski definition) is 1. The second kappa shape index (κ2) is 7.85. The number of amides is 3. The summed E-state index contributed by atoms with van der Waals surface area (Å²) in [7, 11) is 0.